The number of carbonyl (C=O) groups excluding carboxylic acids is 1. The molecule has 0 aliphatic heterocycles. The highest BCUT2D eigenvalue weighted by molar-refractivity contribution is 9.10. The van der Waals surface area contributed by atoms with Gasteiger partial charge in [-0.05, 0) is 34.1 Å². The van der Waals surface area contributed by atoms with Crippen LogP contribution in [0, 0.1) is 0 Å². The summed E-state index contributed by atoms with van der Waals surface area (Å²) in [5, 5.41) is 9.04. The van der Waals surface area contributed by atoms with Crippen molar-refractivity contribution >= 4 is 33.3 Å². The van der Waals surface area contributed by atoms with Gasteiger partial charge in [0.25, 0.3) is 5.91 Å². The maximum Gasteiger partial charge on any atom is 0.258 e. The molecule has 1 aromatic heterocycles. The van der Waals surface area contributed by atoms with Crippen LogP contribution in [0.4, 0.5) is 11.5 Å². The number of halogens is 1. The number of aromatic nitrogens is 2. The molecule has 4 N–H and O–H groups in total. The molecule has 0 spiro atoms. The van der Waals surface area contributed by atoms with Gasteiger partial charge in [0.05, 0.1) is 11.8 Å². The van der Waals surface area contributed by atoms with Crippen molar-refractivity contribution in [2.75, 3.05) is 11.1 Å². The Bertz CT molecular complexity index is 510. The molecule has 0 unspecified atom stereocenters. The monoisotopic (exact) mass is 280 g/mol. The minimum atomic E-state index is -0.247. The second kappa shape index (κ2) is 4.36. The molecule has 2 aromatic rings. The molecule has 16 heavy (non-hydrogen) atoms. The predicted molar refractivity (Wildman–Crippen MR) is 65.1 cm³/mol. The molecule has 0 aliphatic carbocycles. The second-order valence-corrected chi connectivity index (χ2v) is 4.02. The van der Waals surface area contributed by atoms with Crippen molar-refractivity contribution in [1.29, 1.82) is 0 Å². The number of rotatable bonds is 2. The van der Waals surface area contributed by atoms with E-state index in [1.165, 1.54) is 0 Å². The maximum atomic E-state index is 11.8. The van der Waals surface area contributed by atoms with E-state index < -0.39 is 0 Å². The topological polar surface area (TPSA) is 83.8 Å². The number of carbonyl (C=O) groups is 1. The van der Waals surface area contributed by atoms with Crippen LogP contribution >= 0.6 is 15.9 Å². The summed E-state index contributed by atoms with van der Waals surface area (Å²) in [4.78, 5) is 11.8. The smallest absolute Gasteiger partial charge is 0.258 e. The van der Waals surface area contributed by atoms with E-state index in [1.807, 2.05) is 0 Å². The fourth-order valence-electron chi connectivity index (χ4n) is 1.23. The van der Waals surface area contributed by atoms with Gasteiger partial charge in [0.1, 0.15) is 5.82 Å². The van der Waals surface area contributed by atoms with Crippen LogP contribution in [0.5, 0.6) is 0 Å². The highest BCUT2D eigenvalue weighted by Crippen LogP contribution is 2.20. The molecule has 5 nitrogen and oxygen atoms in total. The van der Waals surface area contributed by atoms with E-state index in [0.717, 1.165) is 0 Å². The van der Waals surface area contributed by atoms with E-state index in [-0.39, 0.29) is 5.91 Å². The number of aromatic amines is 1. The van der Waals surface area contributed by atoms with Crippen molar-refractivity contribution in [2.24, 2.45) is 0 Å². The van der Waals surface area contributed by atoms with Crippen LogP contribution in [-0.2, 0) is 0 Å². The molecule has 82 valence electrons. The van der Waals surface area contributed by atoms with Gasteiger partial charge in [-0.3, -0.25) is 9.89 Å². The highest BCUT2D eigenvalue weighted by atomic mass is 79.9. The van der Waals surface area contributed by atoms with Gasteiger partial charge in [0, 0.05) is 16.2 Å². The van der Waals surface area contributed by atoms with E-state index in [2.05, 4.69) is 31.4 Å². The van der Waals surface area contributed by atoms with Crippen molar-refractivity contribution in [3.05, 3.63) is 40.5 Å². The van der Waals surface area contributed by atoms with Crippen LogP contribution in [0.15, 0.2) is 34.9 Å². The first-order valence-electron chi connectivity index (χ1n) is 4.52. The summed E-state index contributed by atoms with van der Waals surface area (Å²) in [6, 6.07) is 6.72. The quantitative estimate of drug-likeness (QED) is 0.736. The second-order valence-electron chi connectivity index (χ2n) is 3.16. The average molecular weight is 281 g/mol. The van der Waals surface area contributed by atoms with Crippen molar-refractivity contribution in [3.63, 3.8) is 0 Å². The fraction of sp³-hybridized carbons (Fsp3) is 0. The Morgan fingerprint density at radius 3 is 2.94 bits per heavy atom. The van der Waals surface area contributed by atoms with Gasteiger partial charge < -0.3 is 11.1 Å². The SMILES string of the molecule is Nc1ccc(Br)c(C(=O)Nc2ccn[nH]2)c1. The number of anilines is 2. The zero-order chi connectivity index (χ0) is 11.5. The lowest BCUT2D eigenvalue weighted by atomic mass is 10.2. The lowest BCUT2D eigenvalue weighted by molar-refractivity contribution is 0.102. The number of amides is 1. The maximum absolute atomic E-state index is 11.8. The van der Waals surface area contributed by atoms with E-state index in [0.29, 0.717) is 21.5 Å². The summed E-state index contributed by atoms with van der Waals surface area (Å²) in [5.74, 6) is 0.294. The number of nitrogens with two attached hydrogens (primary N) is 1. The molecule has 0 radical (unpaired) electrons. The Kier molecular flexibility index (Phi) is 2.91. The van der Waals surface area contributed by atoms with Crippen LogP contribution in [-0.4, -0.2) is 16.1 Å². The number of hydrogen-bond acceptors (Lipinski definition) is 3. The Hall–Kier alpha value is -1.82. The summed E-state index contributed by atoms with van der Waals surface area (Å²) in [6.07, 6.45) is 1.56. The number of H-pyrrole nitrogens is 1. The molecule has 1 aromatic carbocycles. The number of hydrogen-bond donors (Lipinski definition) is 3. The van der Waals surface area contributed by atoms with Gasteiger partial charge in [-0.2, -0.15) is 5.10 Å². The van der Waals surface area contributed by atoms with E-state index in [4.69, 9.17) is 5.73 Å². The summed E-state index contributed by atoms with van der Waals surface area (Å²) in [7, 11) is 0. The summed E-state index contributed by atoms with van der Waals surface area (Å²) in [6.45, 7) is 0. The molecule has 0 bridgehead atoms. The van der Waals surface area contributed by atoms with E-state index >= 15 is 0 Å². The molecular weight excluding hydrogens is 272 g/mol. The minimum Gasteiger partial charge on any atom is -0.399 e. The Balaban J connectivity index is 2.24. The van der Waals surface area contributed by atoms with Gasteiger partial charge in [0.2, 0.25) is 0 Å². The zero-order valence-electron chi connectivity index (χ0n) is 8.20. The van der Waals surface area contributed by atoms with Crippen molar-refractivity contribution in [2.45, 2.75) is 0 Å². The minimum absolute atomic E-state index is 0.247. The standard InChI is InChI=1S/C10H9BrN4O/c11-8-2-1-6(12)5-7(8)10(16)14-9-3-4-13-15-9/h1-5H,12H2,(H2,13,14,15,16). The average Bonchev–Trinajstić information content (AvgIpc) is 2.74. The molecule has 0 saturated carbocycles. The van der Waals surface area contributed by atoms with E-state index in [9.17, 15) is 4.79 Å². The first kappa shape index (κ1) is 10.7. The van der Waals surface area contributed by atoms with Crippen LogP contribution in [0.1, 0.15) is 10.4 Å². The lowest BCUT2D eigenvalue weighted by Gasteiger charge is -2.05. The number of nitrogen functional groups attached to an aromatic ring is 1. The zero-order valence-corrected chi connectivity index (χ0v) is 9.78. The summed E-state index contributed by atoms with van der Waals surface area (Å²) < 4.78 is 0.693. The van der Waals surface area contributed by atoms with Crippen molar-refractivity contribution < 1.29 is 4.79 Å². The van der Waals surface area contributed by atoms with Crippen LogP contribution in [0.3, 0.4) is 0 Å². The summed E-state index contributed by atoms with van der Waals surface area (Å²) >= 11 is 3.29. The molecule has 1 heterocycles. The lowest BCUT2D eigenvalue weighted by Crippen LogP contribution is -2.13. The molecule has 0 saturated heterocycles. The number of benzene rings is 1. The van der Waals surface area contributed by atoms with Crippen molar-refractivity contribution in [1.82, 2.24) is 10.2 Å². The molecular formula is C10H9BrN4O. The molecule has 0 aliphatic rings. The molecule has 1 amide bonds. The third-order valence-electron chi connectivity index (χ3n) is 1.98. The van der Waals surface area contributed by atoms with Gasteiger partial charge in [-0.15, -0.1) is 0 Å². The van der Waals surface area contributed by atoms with Gasteiger partial charge in [0.15, 0.2) is 0 Å². The summed E-state index contributed by atoms with van der Waals surface area (Å²) in [5.41, 5.74) is 6.64. The van der Waals surface area contributed by atoms with Crippen molar-refractivity contribution in [3.8, 4) is 0 Å². The molecule has 0 atom stereocenters. The number of nitrogens with one attached hydrogen (secondary N) is 2. The number of nitrogens with zero attached hydrogens (tertiary/aromatic N) is 1. The molecule has 0 fully saturated rings. The third-order valence-corrected chi connectivity index (χ3v) is 2.68. The molecule has 6 heteroatoms. The molecule has 2 rings (SSSR count). The van der Waals surface area contributed by atoms with Gasteiger partial charge >= 0.3 is 0 Å². The van der Waals surface area contributed by atoms with Gasteiger partial charge in [-0.1, -0.05) is 0 Å². The van der Waals surface area contributed by atoms with Crippen LogP contribution in [0.25, 0.3) is 0 Å². The first-order chi connectivity index (χ1) is 7.66. The van der Waals surface area contributed by atoms with Gasteiger partial charge in [-0.25, -0.2) is 0 Å². The predicted octanol–water partition coefficient (Wildman–Crippen LogP) is 2.01. The van der Waals surface area contributed by atoms with Crippen LogP contribution < -0.4 is 11.1 Å². The largest absolute Gasteiger partial charge is 0.399 e. The van der Waals surface area contributed by atoms with E-state index in [1.54, 1.807) is 30.5 Å². The van der Waals surface area contributed by atoms with Crippen LogP contribution in [0.2, 0.25) is 0 Å². The first-order valence-corrected chi connectivity index (χ1v) is 5.32. The Labute approximate surface area is 100 Å². The highest BCUT2D eigenvalue weighted by Gasteiger charge is 2.10. The Morgan fingerprint density at radius 1 is 1.44 bits per heavy atom. The third kappa shape index (κ3) is 2.22. The normalized spacial score (nSPS) is 10.1. The Morgan fingerprint density at radius 2 is 2.25 bits per heavy atom. The fourth-order valence-corrected chi connectivity index (χ4v) is 1.66.